The van der Waals surface area contributed by atoms with Gasteiger partial charge in [0.1, 0.15) is 5.82 Å². The molecule has 20 heavy (non-hydrogen) atoms. The van der Waals surface area contributed by atoms with Crippen LogP contribution in [0, 0.1) is 12.7 Å². The number of halogens is 1. The van der Waals surface area contributed by atoms with Crippen molar-refractivity contribution in [3.05, 3.63) is 35.1 Å². The van der Waals surface area contributed by atoms with Crippen LogP contribution in [0.25, 0.3) is 0 Å². The summed E-state index contributed by atoms with van der Waals surface area (Å²) in [5.74, 6) is -0.266. The van der Waals surface area contributed by atoms with E-state index < -0.39 is 0 Å². The summed E-state index contributed by atoms with van der Waals surface area (Å²) in [6, 6.07) is 4.85. The Kier molecular flexibility index (Phi) is 4.95. The van der Waals surface area contributed by atoms with Gasteiger partial charge in [-0.05, 0) is 63.2 Å². The van der Waals surface area contributed by atoms with E-state index in [0.717, 1.165) is 37.1 Å². The van der Waals surface area contributed by atoms with Crippen LogP contribution in [0.4, 0.5) is 9.18 Å². The number of benzene rings is 1. The molecular weight excluding hydrogens is 257 g/mol. The van der Waals surface area contributed by atoms with Gasteiger partial charge in [0.2, 0.25) is 0 Å². The lowest BCUT2D eigenvalue weighted by atomic mass is 10.1. The summed E-state index contributed by atoms with van der Waals surface area (Å²) < 4.78 is 13.2. The van der Waals surface area contributed by atoms with E-state index in [4.69, 9.17) is 0 Å². The Morgan fingerprint density at radius 1 is 1.35 bits per heavy atom. The van der Waals surface area contributed by atoms with E-state index in [-0.39, 0.29) is 17.9 Å². The molecule has 5 heteroatoms. The molecule has 110 valence electrons. The van der Waals surface area contributed by atoms with Gasteiger partial charge in [0.15, 0.2) is 0 Å². The summed E-state index contributed by atoms with van der Waals surface area (Å²) in [6.07, 6.45) is 1.95. The molecule has 1 fully saturated rings. The zero-order chi connectivity index (χ0) is 14.5. The number of hydrogen-bond acceptors (Lipinski definition) is 2. The van der Waals surface area contributed by atoms with Crippen LogP contribution in [-0.4, -0.2) is 37.1 Å². The summed E-state index contributed by atoms with van der Waals surface area (Å²) in [6.45, 7) is 4.20. The van der Waals surface area contributed by atoms with E-state index in [1.807, 2.05) is 13.0 Å². The summed E-state index contributed by atoms with van der Waals surface area (Å²) in [4.78, 5) is 14.1. The van der Waals surface area contributed by atoms with E-state index in [0.29, 0.717) is 6.54 Å². The molecule has 1 aromatic rings. The first-order valence-electron chi connectivity index (χ1n) is 7.02. The maximum Gasteiger partial charge on any atom is 0.315 e. The molecule has 1 saturated heterocycles. The molecule has 1 aromatic carbocycles. The van der Waals surface area contributed by atoms with Crippen molar-refractivity contribution in [3.63, 3.8) is 0 Å². The van der Waals surface area contributed by atoms with Gasteiger partial charge in [0.25, 0.3) is 0 Å². The fraction of sp³-hybridized carbons (Fsp3) is 0.533. The molecule has 4 nitrogen and oxygen atoms in total. The van der Waals surface area contributed by atoms with Gasteiger partial charge in [-0.25, -0.2) is 9.18 Å². The number of nitrogens with zero attached hydrogens (tertiary/aromatic N) is 1. The molecule has 1 aliphatic heterocycles. The van der Waals surface area contributed by atoms with Crippen molar-refractivity contribution in [2.45, 2.75) is 32.4 Å². The lowest BCUT2D eigenvalue weighted by Gasteiger charge is -2.29. The fourth-order valence-electron chi connectivity index (χ4n) is 2.49. The van der Waals surface area contributed by atoms with Gasteiger partial charge in [-0.3, -0.25) is 0 Å². The molecule has 0 aliphatic carbocycles. The van der Waals surface area contributed by atoms with Crippen molar-refractivity contribution in [3.8, 4) is 0 Å². The van der Waals surface area contributed by atoms with E-state index in [1.165, 1.54) is 12.1 Å². The van der Waals surface area contributed by atoms with E-state index in [2.05, 4.69) is 22.6 Å². The topological polar surface area (TPSA) is 44.4 Å². The Morgan fingerprint density at radius 2 is 2.05 bits per heavy atom. The molecule has 0 aromatic heterocycles. The minimum atomic E-state index is -0.266. The molecular formula is C15H22FN3O. The summed E-state index contributed by atoms with van der Waals surface area (Å²) in [5, 5.41) is 5.75. The van der Waals surface area contributed by atoms with E-state index in [1.54, 1.807) is 0 Å². The van der Waals surface area contributed by atoms with Gasteiger partial charge >= 0.3 is 6.03 Å². The average Bonchev–Trinajstić information content (AvgIpc) is 2.38. The van der Waals surface area contributed by atoms with E-state index >= 15 is 0 Å². The molecule has 0 unspecified atom stereocenters. The van der Waals surface area contributed by atoms with Crippen LogP contribution in [0.3, 0.4) is 0 Å². The van der Waals surface area contributed by atoms with Crippen LogP contribution in [0.1, 0.15) is 24.0 Å². The number of nitrogens with one attached hydrogen (secondary N) is 2. The molecule has 0 saturated carbocycles. The van der Waals surface area contributed by atoms with Crippen molar-refractivity contribution in [2.24, 2.45) is 0 Å². The maximum atomic E-state index is 13.2. The van der Waals surface area contributed by atoms with Crippen LogP contribution in [0.15, 0.2) is 18.2 Å². The van der Waals surface area contributed by atoms with Gasteiger partial charge in [-0.15, -0.1) is 0 Å². The van der Waals surface area contributed by atoms with Crippen molar-refractivity contribution in [2.75, 3.05) is 20.1 Å². The van der Waals surface area contributed by atoms with Crippen LogP contribution in [-0.2, 0) is 6.54 Å². The lowest BCUT2D eigenvalue weighted by Crippen LogP contribution is -2.46. The number of urea groups is 1. The van der Waals surface area contributed by atoms with Gasteiger partial charge in [0.05, 0.1) is 0 Å². The first kappa shape index (κ1) is 14.8. The van der Waals surface area contributed by atoms with Crippen molar-refractivity contribution >= 4 is 6.03 Å². The maximum absolute atomic E-state index is 13.2. The van der Waals surface area contributed by atoms with Crippen molar-refractivity contribution < 1.29 is 9.18 Å². The van der Waals surface area contributed by atoms with Crippen molar-refractivity contribution in [1.82, 2.24) is 15.5 Å². The Balaban J connectivity index is 1.77. The summed E-state index contributed by atoms with van der Waals surface area (Å²) >= 11 is 0. The molecule has 1 heterocycles. The molecule has 0 radical (unpaired) electrons. The third kappa shape index (κ3) is 4.49. The molecule has 2 N–H and O–H groups in total. The Morgan fingerprint density at radius 3 is 2.70 bits per heavy atom. The van der Waals surface area contributed by atoms with Gasteiger partial charge in [-0.1, -0.05) is 6.07 Å². The van der Waals surface area contributed by atoms with Crippen LogP contribution in [0.2, 0.25) is 0 Å². The minimum absolute atomic E-state index is 0.179. The normalized spacial score (nSPS) is 16.9. The molecule has 0 atom stereocenters. The minimum Gasteiger partial charge on any atom is -0.335 e. The highest BCUT2D eigenvalue weighted by atomic mass is 19.1. The van der Waals surface area contributed by atoms with Gasteiger partial charge in [-0.2, -0.15) is 0 Å². The first-order valence-corrected chi connectivity index (χ1v) is 7.02. The van der Waals surface area contributed by atoms with Crippen LogP contribution >= 0.6 is 0 Å². The Labute approximate surface area is 119 Å². The number of rotatable bonds is 3. The van der Waals surface area contributed by atoms with Crippen LogP contribution in [0.5, 0.6) is 0 Å². The molecule has 2 amide bonds. The van der Waals surface area contributed by atoms with Crippen LogP contribution < -0.4 is 10.6 Å². The largest absolute Gasteiger partial charge is 0.335 e. The van der Waals surface area contributed by atoms with E-state index in [9.17, 15) is 9.18 Å². The molecule has 0 spiro atoms. The smallest absolute Gasteiger partial charge is 0.315 e. The second-order valence-corrected chi connectivity index (χ2v) is 5.54. The monoisotopic (exact) mass is 279 g/mol. The number of aryl methyl sites for hydroxylation is 1. The Bertz CT molecular complexity index is 450. The molecule has 2 rings (SSSR count). The predicted octanol–water partition coefficient (Wildman–Crippen LogP) is 2.03. The van der Waals surface area contributed by atoms with Gasteiger partial charge < -0.3 is 15.5 Å². The third-order valence-corrected chi connectivity index (χ3v) is 3.61. The number of carbonyl (C=O) groups is 1. The zero-order valence-electron chi connectivity index (χ0n) is 12.1. The molecule has 1 aliphatic rings. The third-order valence-electron chi connectivity index (χ3n) is 3.61. The second kappa shape index (κ2) is 6.70. The highest BCUT2D eigenvalue weighted by molar-refractivity contribution is 5.74. The predicted molar refractivity (Wildman–Crippen MR) is 77.0 cm³/mol. The first-order chi connectivity index (χ1) is 9.52. The number of amides is 2. The summed E-state index contributed by atoms with van der Waals surface area (Å²) in [5.41, 5.74) is 1.64. The fourth-order valence-corrected chi connectivity index (χ4v) is 2.49. The number of likely N-dealkylation sites (tertiary alicyclic amines) is 1. The van der Waals surface area contributed by atoms with Crippen molar-refractivity contribution in [1.29, 1.82) is 0 Å². The molecule has 0 bridgehead atoms. The lowest BCUT2D eigenvalue weighted by molar-refractivity contribution is 0.213. The number of hydrogen-bond donors (Lipinski definition) is 2. The van der Waals surface area contributed by atoms with Gasteiger partial charge in [0, 0.05) is 12.6 Å². The average molecular weight is 279 g/mol. The highest BCUT2D eigenvalue weighted by Crippen LogP contribution is 2.09. The SMILES string of the molecule is Cc1cc(F)cc(CNC(=O)NC2CCN(C)CC2)c1. The number of piperidine rings is 1. The zero-order valence-corrected chi connectivity index (χ0v) is 12.1. The quantitative estimate of drug-likeness (QED) is 0.889. The number of carbonyl (C=O) groups excluding carboxylic acids is 1. The Hall–Kier alpha value is -1.62. The highest BCUT2D eigenvalue weighted by Gasteiger charge is 2.18. The summed E-state index contributed by atoms with van der Waals surface area (Å²) in [7, 11) is 2.09. The second-order valence-electron chi connectivity index (χ2n) is 5.54. The standard InChI is InChI=1S/C15H22FN3O/c1-11-7-12(9-13(16)8-11)10-17-15(20)18-14-3-5-19(2)6-4-14/h7-9,14H,3-6,10H2,1-2H3,(H2,17,18,20).